The van der Waals surface area contributed by atoms with Crippen LogP contribution in [-0.4, -0.2) is 21.4 Å². The smallest absolute Gasteiger partial charge is 0.226 e. The van der Waals surface area contributed by atoms with Gasteiger partial charge in [-0.05, 0) is 26.2 Å². The molecule has 1 aromatic heterocycles. The fourth-order valence-corrected chi connectivity index (χ4v) is 2.41. The highest BCUT2D eigenvalue weighted by molar-refractivity contribution is 4.96. The molecule has 1 unspecified atom stereocenters. The second kappa shape index (κ2) is 6.15. The fraction of sp³-hybridized carbons (Fsp3) is 0.846. The first-order chi connectivity index (χ1) is 8.25. The predicted octanol–water partition coefficient (Wildman–Crippen LogP) is 2.82. The van der Waals surface area contributed by atoms with Gasteiger partial charge in [-0.2, -0.15) is 4.98 Å². The van der Waals surface area contributed by atoms with Crippen molar-refractivity contribution in [2.24, 2.45) is 0 Å². The van der Waals surface area contributed by atoms with Crippen molar-refractivity contribution in [3.63, 3.8) is 0 Å². The quantitative estimate of drug-likeness (QED) is 0.819. The molecule has 0 aromatic carbocycles. The molecule has 1 fully saturated rings. The number of hydrogen-bond acceptors (Lipinski definition) is 4. The van der Waals surface area contributed by atoms with E-state index >= 15 is 0 Å². The number of aromatic nitrogens is 2. The molecule has 96 valence electrons. The Morgan fingerprint density at radius 1 is 1.29 bits per heavy atom. The van der Waals surface area contributed by atoms with Gasteiger partial charge in [0, 0.05) is 12.3 Å². The van der Waals surface area contributed by atoms with Crippen LogP contribution in [-0.2, 0) is 6.42 Å². The van der Waals surface area contributed by atoms with Crippen molar-refractivity contribution in [3.05, 3.63) is 11.7 Å². The van der Waals surface area contributed by atoms with Gasteiger partial charge in [0.2, 0.25) is 5.89 Å². The fourth-order valence-electron chi connectivity index (χ4n) is 2.41. The van der Waals surface area contributed by atoms with Crippen LogP contribution < -0.4 is 0 Å². The Morgan fingerprint density at radius 2 is 2.00 bits per heavy atom. The predicted molar refractivity (Wildman–Crippen MR) is 64.7 cm³/mol. The zero-order valence-electron chi connectivity index (χ0n) is 10.6. The number of hydrogen-bond donors (Lipinski definition) is 1. The molecule has 1 N–H and O–H groups in total. The number of nitrogens with zero attached hydrogens (tertiary/aromatic N) is 2. The molecular weight excluding hydrogens is 216 g/mol. The van der Waals surface area contributed by atoms with Gasteiger partial charge in [-0.3, -0.25) is 0 Å². The minimum Gasteiger partial charge on any atom is -0.393 e. The largest absolute Gasteiger partial charge is 0.393 e. The van der Waals surface area contributed by atoms with Gasteiger partial charge in [0.05, 0.1) is 6.10 Å². The van der Waals surface area contributed by atoms with Gasteiger partial charge in [-0.15, -0.1) is 0 Å². The minimum absolute atomic E-state index is 0.303. The number of aliphatic hydroxyl groups excluding tert-OH is 1. The summed E-state index contributed by atoms with van der Waals surface area (Å²) in [6.07, 6.45) is 8.67. The van der Waals surface area contributed by atoms with E-state index in [1.165, 1.54) is 38.5 Å². The molecule has 4 heteroatoms. The van der Waals surface area contributed by atoms with Crippen LogP contribution in [0.3, 0.4) is 0 Å². The summed E-state index contributed by atoms with van der Waals surface area (Å²) in [5, 5.41) is 13.3. The molecule has 1 aliphatic carbocycles. The van der Waals surface area contributed by atoms with E-state index in [0.29, 0.717) is 24.7 Å². The lowest BCUT2D eigenvalue weighted by atomic mass is 10.00. The van der Waals surface area contributed by atoms with Crippen molar-refractivity contribution in [2.45, 2.75) is 70.3 Å². The van der Waals surface area contributed by atoms with Crippen LogP contribution in [0.5, 0.6) is 0 Å². The van der Waals surface area contributed by atoms with Crippen molar-refractivity contribution >= 4 is 0 Å². The summed E-state index contributed by atoms with van der Waals surface area (Å²) in [6.45, 7) is 1.78. The topological polar surface area (TPSA) is 59.2 Å². The standard InChI is InChI=1S/C13H22N2O2/c1-10(16)8-9-12-14-13(15-17-12)11-6-4-2-3-5-7-11/h10-11,16H,2-9H2,1H3. The summed E-state index contributed by atoms with van der Waals surface area (Å²) in [5.41, 5.74) is 0. The van der Waals surface area contributed by atoms with Crippen LogP contribution in [0.1, 0.15) is 69.5 Å². The van der Waals surface area contributed by atoms with Crippen molar-refractivity contribution in [1.29, 1.82) is 0 Å². The molecule has 0 spiro atoms. The Morgan fingerprint density at radius 3 is 2.65 bits per heavy atom. The van der Waals surface area contributed by atoms with Crippen LogP contribution in [0.4, 0.5) is 0 Å². The SMILES string of the molecule is CC(O)CCc1nc(C2CCCCCC2)no1. The van der Waals surface area contributed by atoms with E-state index in [0.717, 1.165) is 5.82 Å². The first kappa shape index (κ1) is 12.6. The van der Waals surface area contributed by atoms with Crippen LogP contribution >= 0.6 is 0 Å². The van der Waals surface area contributed by atoms with Crippen molar-refractivity contribution in [1.82, 2.24) is 10.1 Å². The van der Waals surface area contributed by atoms with Crippen LogP contribution in [0.15, 0.2) is 4.52 Å². The zero-order chi connectivity index (χ0) is 12.1. The van der Waals surface area contributed by atoms with Crippen molar-refractivity contribution < 1.29 is 9.63 Å². The van der Waals surface area contributed by atoms with Gasteiger partial charge in [0.1, 0.15) is 0 Å². The monoisotopic (exact) mass is 238 g/mol. The molecule has 1 saturated carbocycles. The zero-order valence-corrected chi connectivity index (χ0v) is 10.6. The lowest BCUT2D eigenvalue weighted by Crippen LogP contribution is -2.02. The third-order valence-electron chi connectivity index (χ3n) is 3.48. The van der Waals surface area contributed by atoms with E-state index in [4.69, 9.17) is 4.52 Å². The van der Waals surface area contributed by atoms with E-state index in [2.05, 4.69) is 10.1 Å². The second-order valence-corrected chi connectivity index (χ2v) is 5.12. The van der Waals surface area contributed by atoms with Gasteiger partial charge >= 0.3 is 0 Å². The minimum atomic E-state index is -0.303. The molecule has 1 heterocycles. The first-order valence-electron chi connectivity index (χ1n) is 6.76. The maximum absolute atomic E-state index is 9.22. The van der Waals surface area contributed by atoms with Gasteiger partial charge in [0.25, 0.3) is 0 Å². The molecule has 0 saturated heterocycles. The number of rotatable bonds is 4. The molecule has 4 nitrogen and oxygen atoms in total. The summed E-state index contributed by atoms with van der Waals surface area (Å²) >= 11 is 0. The van der Waals surface area contributed by atoms with E-state index in [1.807, 2.05) is 0 Å². The summed E-state index contributed by atoms with van der Waals surface area (Å²) in [4.78, 5) is 4.46. The van der Waals surface area contributed by atoms with Crippen molar-refractivity contribution in [3.8, 4) is 0 Å². The van der Waals surface area contributed by atoms with Crippen LogP contribution in [0.25, 0.3) is 0 Å². The Kier molecular flexibility index (Phi) is 4.54. The Balaban J connectivity index is 1.92. The first-order valence-corrected chi connectivity index (χ1v) is 6.76. The molecular formula is C13H22N2O2. The van der Waals surface area contributed by atoms with Crippen LogP contribution in [0, 0.1) is 0 Å². The molecule has 0 amide bonds. The highest BCUT2D eigenvalue weighted by Gasteiger charge is 2.19. The average Bonchev–Trinajstić information content (AvgIpc) is 2.60. The van der Waals surface area contributed by atoms with Gasteiger partial charge < -0.3 is 9.63 Å². The molecule has 0 aliphatic heterocycles. The normalized spacial score (nSPS) is 20.1. The van der Waals surface area contributed by atoms with Gasteiger partial charge in [0.15, 0.2) is 5.82 Å². The maximum atomic E-state index is 9.22. The Hall–Kier alpha value is -0.900. The second-order valence-electron chi connectivity index (χ2n) is 5.12. The summed E-state index contributed by atoms with van der Waals surface area (Å²) in [5.74, 6) is 2.04. The van der Waals surface area contributed by atoms with Crippen LogP contribution in [0.2, 0.25) is 0 Å². The molecule has 2 rings (SSSR count). The van der Waals surface area contributed by atoms with E-state index in [-0.39, 0.29) is 6.10 Å². The summed E-state index contributed by atoms with van der Waals surface area (Å²) in [7, 11) is 0. The molecule has 1 aromatic rings. The van der Waals surface area contributed by atoms with E-state index in [1.54, 1.807) is 6.92 Å². The molecule has 17 heavy (non-hydrogen) atoms. The maximum Gasteiger partial charge on any atom is 0.226 e. The van der Waals surface area contributed by atoms with E-state index in [9.17, 15) is 5.11 Å². The molecule has 1 atom stereocenters. The lowest BCUT2D eigenvalue weighted by molar-refractivity contribution is 0.180. The van der Waals surface area contributed by atoms with E-state index < -0.39 is 0 Å². The third kappa shape index (κ3) is 3.80. The summed E-state index contributed by atoms with van der Waals surface area (Å²) < 4.78 is 5.24. The molecule has 0 bridgehead atoms. The summed E-state index contributed by atoms with van der Waals surface area (Å²) in [6, 6.07) is 0. The lowest BCUT2D eigenvalue weighted by Gasteiger charge is -2.07. The molecule has 1 aliphatic rings. The van der Waals surface area contributed by atoms with Crippen molar-refractivity contribution in [2.75, 3.05) is 0 Å². The number of aryl methyl sites for hydroxylation is 1. The van der Waals surface area contributed by atoms with Gasteiger partial charge in [-0.25, -0.2) is 0 Å². The average molecular weight is 238 g/mol. The highest BCUT2D eigenvalue weighted by atomic mass is 16.5. The third-order valence-corrected chi connectivity index (χ3v) is 3.48. The number of aliphatic hydroxyl groups is 1. The highest BCUT2D eigenvalue weighted by Crippen LogP contribution is 2.29. The van der Waals surface area contributed by atoms with Gasteiger partial charge in [-0.1, -0.05) is 30.8 Å². The molecule has 0 radical (unpaired) electrons. The Bertz CT molecular complexity index is 328. The Labute approximate surface area is 102 Å².